The largest absolute Gasteiger partial charge is 0.497 e. The van der Waals surface area contributed by atoms with Crippen LogP contribution < -0.4 is 15.2 Å². The van der Waals surface area contributed by atoms with Gasteiger partial charge in [-0.05, 0) is 12.1 Å². The molecule has 7 heteroatoms. The molecule has 0 spiro atoms. The first-order valence-corrected chi connectivity index (χ1v) is 8.01. The van der Waals surface area contributed by atoms with Crippen molar-refractivity contribution in [2.24, 2.45) is 11.7 Å². The number of rotatable bonds is 5. The number of methoxy groups -OCH3 is 2. The zero-order valence-electron chi connectivity index (χ0n) is 14.4. The van der Waals surface area contributed by atoms with E-state index < -0.39 is 0 Å². The molecule has 1 unspecified atom stereocenters. The maximum atomic E-state index is 12.7. The highest BCUT2D eigenvalue weighted by atomic mass is 16.5. The third-order valence-corrected chi connectivity index (χ3v) is 4.25. The van der Waals surface area contributed by atoms with Crippen LogP contribution in [0.5, 0.6) is 11.5 Å². The van der Waals surface area contributed by atoms with Crippen molar-refractivity contribution >= 4 is 11.8 Å². The predicted octanol–water partition coefficient (Wildman–Crippen LogP) is 0.583. The van der Waals surface area contributed by atoms with Crippen molar-refractivity contribution in [3.05, 3.63) is 23.8 Å². The first-order valence-electron chi connectivity index (χ1n) is 8.01. The Morgan fingerprint density at radius 3 is 2.00 bits per heavy atom. The third kappa shape index (κ3) is 3.97. The molecule has 132 valence electrons. The monoisotopic (exact) mass is 335 g/mol. The maximum absolute atomic E-state index is 12.7. The molecular weight excluding hydrogens is 310 g/mol. The number of hydrogen-bond donors (Lipinski definition) is 1. The van der Waals surface area contributed by atoms with Gasteiger partial charge in [-0.2, -0.15) is 0 Å². The Kier molecular flexibility index (Phi) is 6.03. The van der Waals surface area contributed by atoms with Gasteiger partial charge in [-0.3, -0.25) is 9.59 Å². The SMILES string of the molecule is COc1cc(OC)cc(C(=O)N2CCN(C(=O)C(C)CN)CC2)c1. The summed E-state index contributed by atoms with van der Waals surface area (Å²) < 4.78 is 10.4. The normalized spacial score (nSPS) is 15.8. The number of ether oxygens (including phenoxy) is 2. The Morgan fingerprint density at radius 2 is 1.54 bits per heavy atom. The number of nitrogens with zero attached hydrogens (tertiary/aromatic N) is 2. The second-order valence-electron chi connectivity index (χ2n) is 5.86. The standard InChI is InChI=1S/C17H25N3O4/c1-12(11-18)16(21)19-4-6-20(7-5-19)17(22)13-8-14(23-2)10-15(9-13)24-3/h8-10,12H,4-7,11,18H2,1-3H3. The number of nitrogens with two attached hydrogens (primary N) is 1. The molecular formula is C17H25N3O4. The molecule has 0 radical (unpaired) electrons. The minimum atomic E-state index is -0.185. The van der Waals surface area contributed by atoms with Crippen molar-refractivity contribution in [1.29, 1.82) is 0 Å². The van der Waals surface area contributed by atoms with E-state index in [1.807, 2.05) is 6.92 Å². The lowest BCUT2D eigenvalue weighted by Gasteiger charge is -2.36. The molecule has 24 heavy (non-hydrogen) atoms. The summed E-state index contributed by atoms with van der Waals surface area (Å²) >= 11 is 0. The van der Waals surface area contributed by atoms with Crippen LogP contribution in [-0.2, 0) is 4.79 Å². The molecule has 1 aliphatic rings. The van der Waals surface area contributed by atoms with E-state index in [2.05, 4.69) is 0 Å². The highest BCUT2D eigenvalue weighted by molar-refractivity contribution is 5.95. The Bertz CT molecular complexity index is 575. The molecule has 1 atom stereocenters. The van der Waals surface area contributed by atoms with E-state index in [9.17, 15) is 9.59 Å². The van der Waals surface area contributed by atoms with Gasteiger partial charge < -0.3 is 25.0 Å². The third-order valence-electron chi connectivity index (χ3n) is 4.25. The van der Waals surface area contributed by atoms with Gasteiger partial charge in [0.15, 0.2) is 0 Å². The van der Waals surface area contributed by atoms with E-state index in [0.717, 1.165) is 0 Å². The van der Waals surface area contributed by atoms with Crippen molar-refractivity contribution in [1.82, 2.24) is 9.80 Å². The quantitative estimate of drug-likeness (QED) is 0.851. The second-order valence-corrected chi connectivity index (χ2v) is 5.86. The van der Waals surface area contributed by atoms with Crippen LogP contribution in [0.2, 0.25) is 0 Å². The van der Waals surface area contributed by atoms with Crippen LogP contribution in [0.1, 0.15) is 17.3 Å². The first kappa shape index (κ1) is 18.1. The van der Waals surface area contributed by atoms with Gasteiger partial charge >= 0.3 is 0 Å². The van der Waals surface area contributed by atoms with Crippen LogP contribution in [0.3, 0.4) is 0 Å². The average molecular weight is 335 g/mol. The summed E-state index contributed by atoms with van der Waals surface area (Å²) in [7, 11) is 3.10. The van der Waals surface area contributed by atoms with E-state index in [-0.39, 0.29) is 17.7 Å². The van der Waals surface area contributed by atoms with Crippen LogP contribution in [-0.4, -0.2) is 68.6 Å². The summed E-state index contributed by atoms with van der Waals surface area (Å²) in [6.45, 7) is 4.21. The van der Waals surface area contributed by atoms with Gasteiger partial charge in [-0.1, -0.05) is 6.92 Å². The lowest BCUT2D eigenvalue weighted by Crippen LogP contribution is -2.52. The van der Waals surface area contributed by atoms with Crippen LogP contribution >= 0.6 is 0 Å². The first-order chi connectivity index (χ1) is 11.5. The summed E-state index contributed by atoms with van der Waals surface area (Å²) in [5.74, 6) is 0.917. The Labute approximate surface area is 142 Å². The summed E-state index contributed by atoms with van der Waals surface area (Å²) in [5.41, 5.74) is 6.07. The fourth-order valence-corrected chi connectivity index (χ4v) is 2.66. The van der Waals surface area contributed by atoms with Gasteiger partial charge in [0.05, 0.1) is 14.2 Å². The number of hydrogen-bond acceptors (Lipinski definition) is 5. The fraction of sp³-hybridized carbons (Fsp3) is 0.529. The van der Waals surface area contributed by atoms with Crippen LogP contribution in [0.15, 0.2) is 18.2 Å². The van der Waals surface area contributed by atoms with Crippen molar-refractivity contribution in [3.8, 4) is 11.5 Å². The van der Waals surface area contributed by atoms with Gasteiger partial charge in [0.1, 0.15) is 11.5 Å². The molecule has 1 aromatic carbocycles. The summed E-state index contributed by atoms with van der Waals surface area (Å²) in [6, 6.07) is 5.11. The van der Waals surface area contributed by atoms with Gasteiger partial charge in [-0.25, -0.2) is 0 Å². The van der Waals surface area contributed by atoms with Gasteiger partial charge in [-0.15, -0.1) is 0 Å². The van der Waals surface area contributed by atoms with E-state index in [4.69, 9.17) is 15.2 Å². The number of benzene rings is 1. The highest BCUT2D eigenvalue weighted by Crippen LogP contribution is 2.24. The van der Waals surface area contributed by atoms with Crippen molar-refractivity contribution in [2.75, 3.05) is 46.9 Å². The van der Waals surface area contributed by atoms with Crippen LogP contribution in [0, 0.1) is 5.92 Å². The topological polar surface area (TPSA) is 85.1 Å². The molecule has 2 rings (SSSR count). The Hall–Kier alpha value is -2.28. The molecule has 0 aliphatic carbocycles. The minimum Gasteiger partial charge on any atom is -0.497 e. The molecule has 1 saturated heterocycles. The summed E-state index contributed by atoms with van der Waals surface area (Å²) in [4.78, 5) is 28.4. The number of piperazine rings is 1. The van der Waals surface area contributed by atoms with E-state index in [1.54, 1.807) is 42.2 Å². The van der Waals surface area contributed by atoms with Gasteiger partial charge in [0.25, 0.3) is 5.91 Å². The van der Waals surface area contributed by atoms with E-state index in [0.29, 0.717) is 49.8 Å². The smallest absolute Gasteiger partial charge is 0.254 e. The fourth-order valence-electron chi connectivity index (χ4n) is 2.66. The maximum Gasteiger partial charge on any atom is 0.254 e. The average Bonchev–Trinajstić information content (AvgIpc) is 2.65. The van der Waals surface area contributed by atoms with Crippen LogP contribution in [0.4, 0.5) is 0 Å². The predicted molar refractivity (Wildman–Crippen MR) is 90.2 cm³/mol. The van der Waals surface area contributed by atoms with Crippen molar-refractivity contribution < 1.29 is 19.1 Å². The van der Waals surface area contributed by atoms with Crippen LogP contribution in [0.25, 0.3) is 0 Å². The lowest BCUT2D eigenvalue weighted by atomic mass is 10.1. The van der Waals surface area contributed by atoms with Gasteiger partial charge in [0, 0.05) is 50.3 Å². The molecule has 2 amide bonds. The van der Waals surface area contributed by atoms with E-state index >= 15 is 0 Å². The Morgan fingerprint density at radius 1 is 1.04 bits per heavy atom. The molecule has 0 saturated carbocycles. The molecule has 0 bridgehead atoms. The van der Waals surface area contributed by atoms with Crippen molar-refractivity contribution in [2.45, 2.75) is 6.92 Å². The number of carbonyl (C=O) groups is 2. The summed E-state index contributed by atoms with van der Waals surface area (Å²) in [5, 5.41) is 0. The molecule has 0 aromatic heterocycles. The van der Waals surface area contributed by atoms with E-state index in [1.165, 1.54) is 0 Å². The molecule has 1 aromatic rings. The molecule has 2 N–H and O–H groups in total. The Balaban J connectivity index is 2.04. The molecule has 1 heterocycles. The lowest BCUT2D eigenvalue weighted by molar-refractivity contribution is -0.136. The number of amides is 2. The molecule has 1 fully saturated rings. The zero-order chi connectivity index (χ0) is 17.7. The number of carbonyl (C=O) groups excluding carboxylic acids is 2. The second kappa shape index (κ2) is 8.01. The van der Waals surface area contributed by atoms with Crippen molar-refractivity contribution in [3.63, 3.8) is 0 Å². The molecule has 1 aliphatic heterocycles. The summed E-state index contributed by atoms with van der Waals surface area (Å²) in [6.07, 6.45) is 0. The minimum absolute atomic E-state index is 0.0487. The van der Waals surface area contributed by atoms with Gasteiger partial charge in [0.2, 0.25) is 5.91 Å². The zero-order valence-corrected chi connectivity index (χ0v) is 14.4. The highest BCUT2D eigenvalue weighted by Gasteiger charge is 2.27. The molecule has 7 nitrogen and oxygen atoms in total.